The minimum Gasteiger partial charge on any atom is -0.497 e. The van der Waals surface area contributed by atoms with Crippen molar-refractivity contribution in [2.45, 2.75) is 44.6 Å². The maximum Gasteiger partial charge on any atom is 0.258 e. The number of thiazole rings is 1. The van der Waals surface area contributed by atoms with Crippen LogP contribution in [-0.4, -0.2) is 16.7 Å². The first-order chi connectivity index (χ1) is 12.2. The lowest BCUT2D eigenvalue weighted by Crippen LogP contribution is -2.20. The third-order valence-corrected chi connectivity index (χ3v) is 6.10. The summed E-state index contributed by atoms with van der Waals surface area (Å²) in [7, 11) is 1.62. The van der Waals surface area contributed by atoms with Crippen LogP contribution in [0.3, 0.4) is 0 Å². The van der Waals surface area contributed by atoms with Crippen LogP contribution in [-0.2, 0) is 6.54 Å². The smallest absolute Gasteiger partial charge is 0.258 e. The summed E-state index contributed by atoms with van der Waals surface area (Å²) in [5, 5.41) is 4.96. The summed E-state index contributed by atoms with van der Waals surface area (Å²) in [6, 6.07) is 7.58. The van der Waals surface area contributed by atoms with Gasteiger partial charge in [0.15, 0.2) is 0 Å². The average molecular weight is 354 g/mol. The molecule has 25 heavy (non-hydrogen) atoms. The Bertz CT molecular complexity index is 938. The van der Waals surface area contributed by atoms with Gasteiger partial charge in [0.05, 0.1) is 29.7 Å². The molecule has 3 aromatic rings. The molecule has 0 spiro atoms. The number of rotatable bonds is 4. The van der Waals surface area contributed by atoms with Crippen LogP contribution < -0.4 is 10.3 Å². The second-order valence-electron chi connectivity index (χ2n) is 6.71. The van der Waals surface area contributed by atoms with Crippen LogP contribution >= 0.6 is 11.3 Å². The number of nitrogens with zero attached hydrogens (tertiary/aromatic N) is 2. The Kier molecular flexibility index (Phi) is 4.57. The van der Waals surface area contributed by atoms with Gasteiger partial charge >= 0.3 is 0 Å². The standard InChI is InChI=1S/C20H22N2O2S/c1-24-17-8-7-14-9-10-22(20(23)18(14)11-17)12-16-13-25-19(21-16)15-5-3-2-4-6-15/h7-11,13,15H,2-6,12H2,1H3. The molecule has 4 nitrogen and oxygen atoms in total. The van der Waals surface area contributed by atoms with Crippen LogP contribution in [0.2, 0.25) is 0 Å². The van der Waals surface area contributed by atoms with Gasteiger partial charge in [0, 0.05) is 17.5 Å². The van der Waals surface area contributed by atoms with Gasteiger partial charge in [-0.15, -0.1) is 11.3 Å². The Hall–Kier alpha value is -2.14. The lowest BCUT2D eigenvalue weighted by Gasteiger charge is -2.18. The fourth-order valence-electron chi connectivity index (χ4n) is 3.62. The molecule has 1 saturated carbocycles. The average Bonchev–Trinajstić information content (AvgIpc) is 3.13. The molecule has 0 N–H and O–H groups in total. The van der Waals surface area contributed by atoms with Crippen molar-refractivity contribution in [3.8, 4) is 5.75 Å². The van der Waals surface area contributed by atoms with Gasteiger partial charge in [-0.05, 0) is 36.4 Å². The van der Waals surface area contributed by atoms with Gasteiger partial charge < -0.3 is 9.30 Å². The molecule has 0 bridgehead atoms. The van der Waals surface area contributed by atoms with Crippen molar-refractivity contribution in [3.05, 3.63) is 56.9 Å². The van der Waals surface area contributed by atoms with Crippen LogP contribution in [0.4, 0.5) is 0 Å². The molecule has 0 unspecified atom stereocenters. The lowest BCUT2D eigenvalue weighted by molar-refractivity contribution is 0.415. The van der Waals surface area contributed by atoms with E-state index in [1.54, 1.807) is 23.0 Å². The summed E-state index contributed by atoms with van der Waals surface area (Å²) >= 11 is 1.74. The zero-order valence-corrected chi connectivity index (χ0v) is 15.2. The van der Waals surface area contributed by atoms with Crippen molar-refractivity contribution < 1.29 is 4.74 Å². The highest BCUT2D eigenvalue weighted by atomic mass is 32.1. The SMILES string of the molecule is COc1ccc2ccn(Cc3csc(C4CCCCC4)n3)c(=O)c2c1. The summed E-state index contributed by atoms with van der Waals surface area (Å²) in [5.41, 5.74) is 0.985. The highest BCUT2D eigenvalue weighted by molar-refractivity contribution is 7.09. The molecule has 1 aliphatic carbocycles. The zero-order chi connectivity index (χ0) is 17.2. The molecule has 1 aromatic carbocycles. The second kappa shape index (κ2) is 7.00. The largest absolute Gasteiger partial charge is 0.497 e. The van der Waals surface area contributed by atoms with Gasteiger partial charge in [0.2, 0.25) is 0 Å². The Morgan fingerprint density at radius 3 is 2.88 bits per heavy atom. The van der Waals surface area contributed by atoms with E-state index in [9.17, 15) is 4.79 Å². The first-order valence-corrected chi connectivity index (χ1v) is 9.74. The quantitative estimate of drug-likeness (QED) is 0.690. The number of hydrogen-bond donors (Lipinski definition) is 0. The Morgan fingerprint density at radius 2 is 2.08 bits per heavy atom. The molecule has 1 fully saturated rings. The number of ether oxygens (including phenoxy) is 1. The number of methoxy groups -OCH3 is 1. The first kappa shape index (κ1) is 16.3. The fraction of sp³-hybridized carbons (Fsp3) is 0.400. The molecule has 130 valence electrons. The van der Waals surface area contributed by atoms with Crippen molar-refractivity contribution in [1.82, 2.24) is 9.55 Å². The van der Waals surface area contributed by atoms with Crippen LogP contribution in [0.15, 0.2) is 40.6 Å². The van der Waals surface area contributed by atoms with E-state index >= 15 is 0 Å². The van der Waals surface area contributed by atoms with Gasteiger partial charge in [0.25, 0.3) is 5.56 Å². The highest BCUT2D eigenvalue weighted by Crippen LogP contribution is 2.34. The fourth-order valence-corrected chi connectivity index (χ4v) is 4.60. The zero-order valence-electron chi connectivity index (χ0n) is 14.4. The van der Waals surface area contributed by atoms with Crippen LogP contribution in [0.5, 0.6) is 5.75 Å². The van der Waals surface area contributed by atoms with Crippen molar-refractivity contribution >= 4 is 22.1 Å². The molecule has 0 amide bonds. The number of pyridine rings is 1. The minimum absolute atomic E-state index is 0.00335. The van der Waals surface area contributed by atoms with E-state index in [4.69, 9.17) is 9.72 Å². The number of benzene rings is 1. The van der Waals surface area contributed by atoms with E-state index in [1.807, 2.05) is 30.5 Å². The van der Waals surface area contributed by atoms with Crippen molar-refractivity contribution in [1.29, 1.82) is 0 Å². The molecular weight excluding hydrogens is 332 g/mol. The van der Waals surface area contributed by atoms with E-state index in [-0.39, 0.29) is 5.56 Å². The Balaban J connectivity index is 1.61. The Labute approximate surface area is 151 Å². The van der Waals surface area contributed by atoms with Gasteiger partial charge in [-0.1, -0.05) is 25.3 Å². The van der Waals surface area contributed by atoms with E-state index < -0.39 is 0 Å². The van der Waals surface area contributed by atoms with Crippen molar-refractivity contribution in [3.63, 3.8) is 0 Å². The van der Waals surface area contributed by atoms with Crippen LogP contribution in [0, 0.1) is 0 Å². The molecule has 4 rings (SSSR count). The Morgan fingerprint density at radius 1 is 1.24 bits per heavy atom. The third-order valence-electron chi connectivity index (χ3n) is 5.04. The molecule has 0 radical (unpaired) electrons. The number of hydrogen-bond acceptors (Lipinski definition) is 4. The minimum atomic E-state index is 0.00335. The predicted octanol–water partition coefficient (Wildman–Crippen LogP) is 4.56. The van der Waals surface area contributed by atoms with Gasteiger partial charge in [-0.2, -0.15) is 0 Å². The van der Waals surface area contributed by atoms with E-state index in [1.165, 1.54) is 37.1 Å². The van der Waals surface area contributed by atoms with Gasteiger partial charge in [0.1, 0.15) is 5.75 Å². The van der Waals surface area contributed by atoms with Crippen LogP contribution in [0.25, 0.3) is 10.8 Å². The molecule has 2 aromatic heterocycles. The lowest BCUT2D eigenvalue weighted by atomic mass is 9.90. The monoisotopic (exact) mass is 354 g/mol. The topological polar surface area (TPSA) is 44.1 Å². The van der Waals surface area contributed by atoms with Crippen molar-refractivity contribution in [2.24, 2.45) is 0 Å². The normalized spacial score (nSPS) is 15.6. The molecule has 0 aliphatic heterocycles. The summed E-state index contributed by atoms with van der Waals surface area (Å²) in [5.74, 6) is 1.32. The van der Waals surface area contributed by atoms with Crippen LogP contribution in [0.1, 0.15) is 48.7 Å². The van der Waals surface area contributed by atoms with E-state index in [0.29, 0.717) is 23.6 Å². The van der Waals surface area contributed by atoms with E-state index in [2.05, 4.69) is 5.38 Å². The second-order valence-corrected chi connectivity index (χ2v) is 7.60. The molecule has 5 heteroatoms. The van der Waals surface area contributed by atoms with Gasteiger partial charge in [-0.3, -0.25) is 4.79 Å². The molecular formula is C20H22N2O2S. The van der Waals surface area contributed by atoms with E-state index in [0.717, 1.165) is 11.1 Å². The van der Waals surface area contributed by atoms with Crippen molar-refractivity contribution in [2.75, 3.05) is 7.11 Å². The summed E-state index contributed by atoms with van der Waals surface area (Å²) in [6.45, 7) is 0.523. The predicted molar refractivity (Wildman–Crippen MR) is 102 cm³/mol. The molecule has 0 saturated heterocycles. The maximum absolute atomic E-state index is 12.8. The first-order valence-electron chi connectivity index (χ1n) is 8.86. The molecule has 0 atom stereocenters. The summed E-state index contributed by atoms with van der Waals surface area (Å²) in [6.07, 6.45) is 8.34. The third kappa shape index (κ3) is 3.33. The van der Waals surface area contributed by atoms with Gasteiger partial charge in [-0.25, -0.2) is 4.98 Å². The molecule has 1 aliphatic rings. The summed E-state index contributed by atoms with van der Waals surface area (Å²) in [4.78, 5) is 17.6. The number of aromatic nitrogens is 2. The highest BCUT2D eigenvalue weighted by Gasteiger charge is 2.18. The maximum atomic E-state index is 12.8. The number of fused-ring (bicyclic) bond motifs is 1. The summed E-state index contributed by atoms with van der Waals surface area (Å²) < 4.78 is 6.98. The molecule has 2 heterocycles.